The highest BCUT2D eigenvalue weighted by Gasteiger charge is 2.01. The van der Waals surface area contributed by atoms with E-state index in [9.17, 15) is 4.79 Å². The van der Waals surface area contributed by atoms with E-state index >= 15 is 0 Å². The summed E-state index contributed by atoms with van der Waals surface area (Å²) < 4.78 is 0.376. The average molecular weight is 274 g/mol. The van der Waals surface area contributed by atoms with Crippen molar-refractivity contribution in [2.24, 2.45) is 0 Å². The molecule has 60 valence electrons. The number of rotatable bonds is 0. The molecule has 0 aliphatic heterocycles. The summed E-state index contributed by atoms with van der Waals surface area (Å²) in [7, 11) is 0. The van der Waals surface area contributed by atoms with Crippen LogP contribution in [0.2, 0.25) is 0 Å². The molecule has 0 saturated heterocycles. The molecule has 0 radical (unpaired) electrons. The average Bonchev–Trinajstić information content (AvgIpc) is 2.07. The van der Waals surface area contributed by atoms with Gasteiger partial charge in [-0.25, -0.2) is 15.0 Å². The van der Waals surface area contributed by atoms with Gasteiger partial charge in [-0.15, -0.1) is 0 Å². The lowest BCUT2D eigenvalue weighted by molar-refractivity contribution is 1.09. The van der Waals surface area contributed by atoms with Crippen LogP contribution in [0.5, 0.6) is 0 Å². The van der Waals surface area contributed by atoms with E-state index in [1.807, 2.05) is 22.6 Å². The van der Waals surface area contributed by atoms with E-state index in [0.29, 0.717) is 15.0 Å². The third-order valence-corrected chi connectivity index (χ3v) is 2.03. The van der Waals surface area contributed by atoms with Crippen molar-refractivity contribution in [1.29, 1.82) is 0 Å². The van der Waals surface area contributed by atoms with E-state index < -0.39 is 0 Å². The SMILES string of the molecule is O=c1[nH]c2nccnc2nc1I. The van der Waals surface area contributed by atoms with Crippen LogP contribution in [0.3, 0.4) is 0 Å². The van der Waals surface area contributed by atoms with Gasteiger partial charge in [0, 0.05) is 12.4 Å². The van der Waals surface area contributed by atoms with Gasteiger partial charge >= 0.3 is 0 Å². The van der Waals surface area contributed by atoms with E-state index in [1.165, 1.54) is 12.4 Å². The zero-order valence-corrected chi connectivity index (χ0v) is 7.94. The van der Waals surface area contributed by atoms with Crippen LogP contribution in [0, 0.1) is 3.70 Å². The predicted molar refractivity (Wildman–Crippen MR) is 50.7 cm³/mol. The molecule has 12 heavy (non-hydrogen) atoms. The first-order valence-corrected chi connectivity index (χ1v) is 4.22. The van der Waals surface area contributed by atoms with Crippen molar-refractivity contribution >= 4 is 33.9 Å². The van der Waals surface area contributed by atoms with Crippen molar-refractivity contribution in [3.8, 4) is 0 Å². The summed E-state index contributed by atoms with van der Waals surface area (Å²) in [5.74, 6) is 0. The molecule has 0 fully saturated rings. The van der Waals surface area contributed by atoms with Crippen LogP contribution in [0.1, 0.15) is 0 Å². The second kappa shape index (κ2) is 2.77. The number of hydrogen-bond donors (Lipinski definition) is 1. The largest absolute Gasteiger partial charge is 0.302 e. The van der Waals surface area contributed by atoms with E-state index in [1.54, 1.807) is 0 Å². The van der Waals surface area contributed by atoms with Crippen LogP contribution >= 0.6 is 22.6 Å². The highest BCUT2D eigenvalue weighted by molar-refractivity contribution is 14.1. The van der Waals surface area contributed by atoms with Crippen LogP contribution in [0.15, 0.2) is 17.2 Å². The molecule has 1 N–H and O–H groups in total. The molecule has 0 saturated carbocycles. The van der Waals surface area contributed by atoms with Gasteiger partial charge in [0.2, 0.25) is 0 Å². The summed E-state index contributed by atoms with van der Waals surface area (Å²) in [4.78, 5) is 25.4. The molecule has 0 unspecified atom stereocenters. The number of nitrogens with zero attached hydrogens (tertiary/aromatic N) is 3. The molecule has 0 spiro atoms. The van der Waals surface area contributed by atoms with Crippen LogP contribution in [-0.4, -0.2) is 19.9 Å². The van der Waals surface area contributed by atoms with Gasteiger partial charge in [-0.3, -0.25) is 4.79 Å². The van der Waals surface area contributed by atoms with E-state index in [2.05, 4.69) is 19.9 Å². The normalized spacial score (nSPS) is 10.4. The molecule has 0 atom stereocenters. The minimum Gasteiger partial charge on any atom is -0.302 e. The summed E-state index contributed by atoms with van der Waals surface area (Å²) in [6, 6.07) is 0. The summed E-state index contributed by atoms with van der Waals surface area (Å²) in [5.41, 5.74) is 0.646. The lowest BCUT2D eigenvalue weighted by atomic mass is 10.6. The fourth-order valence-electron chi connectivity index (χ4n) is 0.804. The first-order chi connectivity index (χ1) is 5.77. The molecule has 0 aliphatic rings. The lowest BCUT2D eigenvalue weighted by Gasteiger charge is -1.93. The van der Waals surface area contributed by atoms with Gasteiger partial charge in [-0.05, 0) is 22.6 Å². The fourth-order valence-corrected chi connectivity index (χ4v) is 1.17. The number of H-pyrrole nitrogens is 1. The molecule has 0 amide bonds. The van der Waals surface area contributed by atoms with Gasteiger partial charge in [-0.2, -0.15) is 0 Å². The maximum absolute atomic E-state index is 11.0. The molecule has 2 rings (SSSR count). The standard InChI is InChI=1S/C6H3IN4O/c7-3-6(12)11-5-4(10-3)8-1-2-9-5/h1-2H,(H,9,11,12). The van der Waals surface area contributed by atoms with Crippen molar-refractivity contribution < 1.29 is 0 Å². The molecule has 2 aromatic heterocycles. The van der Waals surface area contributed by atoms with Gasteiger partial charge in [0.05, 0.1) is 0 Å². The van der Waals surface area contributed by atoms with Gasteiger partial charge in [0.25, 0.3) is 5.56 Å². The number of halogens is 1. The maximum atomic E-state index is 11.0. The Morgan fingerprint density at radius 2 is 2.08 bits per heavy atom. The van der Waals surface area contributed by atoms with Crippen molar-refractivity contribution in [3.05, 3.63) is 26.4 Å². The Kier molecular flexibility index (Phi) is 1.75. The highest BCUT2D eigenvalue weighted by atomic mass is 127. The van der Waals surface area contributed by atoms with Gasteiger partial charge in [0.1, 0.15) is 0 Å². The monoisotopic (exact) mass is 274 g/mol. The van der Waals surface area contributed by atoms with Gasteiger partial charge < -0.3 is 4.98 Å². The molecule has 0 bridgehead atoms. The Morgan fingerprint density at radius 3 is 2.92 bits per heavy atom. The van der Waals surface area contributed by atoms with E-state index in [-0.39, 0.29) is 5.56 Å². The van der Waals surface area contributed by atoms with E-state index in [0.717, 1.165) is 0 Å². The third kappa shape index (κ3) is 1.17. The minimum atomic E-state index is -0.233. The van der Waals surface area contributed by atoms with Crippen molar-refractivity contribution in [2.75, 3.05) is 0 Å². The Morgan fingerprint density at radius 1 is 1.33 bits per heavy atom. The molecule has 2 aromatic rings. The first-order valence-electron chi connectivity index (χ1n) is 3.14. The predicted octanol–water partition coefficient (Wildman–Crippen LogP) is 0.318. The minimum absolute atomic E-state index is 0.233. The molecular formula is C6H3IN4O. The zero-order valence-electron chi connectivity index (χ0n) is 5.78. The number of aromatic nitrogens is 4. The second-order valence-corrected chi connectivity index (χ2v) is 3.11. The van der Waals surface area contributed by atoms with Crippen LogP contribution in [0.4, 0.5) is 0 Å². The fraction of sp³-hybridized carbons (Fsp3) is 0. The molecule has 0 aromatic carbocycles. The molecule has 6 heteroatoms. The topological polar surface area (TPSA) is 71.5 Å². The summed E-state index contributed by atoms with van der Waals surface area (Å²) in [6.07, 6.45) is 3.04. The summed E-state index contributed by atoms with van der Waals surface area (Å²) >= 11 is 1.85. The molecule has 2 heterocycles. The lowest BCUT2D eigenvalue weighted by Crippen LogP contribution is -2.12. The Labute approximate surface area is 80.4 Å². The van der Waals surface area contributed by atoms with Crippen LogP contribution < -0.4 is 5.56 Å². The third-order valence-electron chi connectivity index (χ3n) is 1.30. The second-order valence-electron chi connectivity index (χ2n) is 2.09. The Bertz CT molecular complexity index is 480. The van der Waals surface area contributed by atoms with Crippen LogP contribution in [-0.2, 0) is 0 Å². The molecule has 5 nitrogen and oxygen atoms in total. The Hall–Kier alpha value is -1.05. The smallest absolute Gasteiger partial charge is 0.281 e. The van der Waals surface area contributed by atoms with Gasteiger partial charge in [-0.1, -0.05) is 0 Å². The first kappa shape index (κ1) is 7.59. The number of nitrogens with one attached hydrogen (secondary N) is 1. The zero-order chi connectivity index (χ0) is 8.55. The van der Waals surface area contributed by atoms with Crippen molar-refractivity contribution in [1.82, 2.24) is 19.9 Å². The van der Waals surface area contributed by atoms with Crippen molar-refractivity contribution in [3.63, 3.8) is 0 Å². The number of aromatic amines is 1. The van der Waals surface area contributed by atoms with Crippen LogP contribution in [0.25, 0.3) is 11.3 Å². The summed E-state index contributed by atoms with van der Waals surface area (Å²) in [6.45, 7) is 0. The maximum Gasteiger partial charge on any atom is 0.281 e. The number of fused-ring (bicyclic) bond motifs is 1. The van der Waals surface area contributed by atoms with Gasteiger partial charge in [0.15, 0.2) is 15.0 Å². The van der Waals surface area contributed by atoms with Crippen molar-refractivity contribution in [2.45, 2.75) is 0 Å². The molecule has 0 aliphatic carbocycles. The quantitative estimate of drug-likeness (QED) is 0.702. The number of hydrogen-bond acceptors (Lipinski definition) is 4. The Balaban J connectivity index is 2.93. The summed E-state index contributed by atoms with van der Waals surface area (Å²) in [5, 5.41) is 0. The van der Waals surface area contributed by atoms with E-state index in [4.69, 9.17) is 0 Å². The molecular weight excluding hydrogens is 271 g/mol. The highest BCUT2D eigenvalue weighted by Crippen LogP contribution is 1.99.